The number of methoxy groups -OCH3 is 1. The summed E-state index contributed by atoms with van der Waals surface area (Å²) in [4.78, 5) is 50.3. The third-order valence-electron chi connectivity index (χ3n) is 7.11. The largest absolute Gasteiger partial charge is 0.466 e. The van der Waals surface area contributed by atoms with E-state index in [0.717, 1.165) is 7.11 Å². The maximum atomic E-state index is 13.6. The molecule has 15 heteroatoms. The van der Waals surface area contributed by atoms with Gasteiger partial charge in [-0.05, 0) is 37.7 Å². The summed E-state index contributed by atoms with van der Waals surface area (Å²) >= 11 is 1.31. The molecule has 2 fully saturated rings. The molecule has 1 aromatic carbocycles. The number of esters is 4. The fourth-order valence-electron chi connectivity index (χ4n) is 5.29. The Morgan fingerprint density at radius 1 is 1.11 bits per heavy atom. The molecule has 0 spiro atoms. The van der Waals surface area contributed by atoms with Crippen LogP contribution in [0.3, 0.4) is 0 Å². The minimum Gasteiger partial charge on any atom is -0.466 e. The van der Waals surface area contributed by atoms with Crippen molar-refractivity contribution in [1.29, 1.82) is 0 Å². The quantitative estimate of drug-likeness (QED) is 0.112. The molecule has 3 N–H and O–H groups in total. The lowest BCUT2D eigenvalue weighted by Crippen LogP contribution is -2.68. The van der Waals surface area contributed by atoms with Crippen LogP contribution in [0.15, 0.2) is 30.3 Å². The van der Waals surface area contributed by atoms with Gasteiger partial charge in [0.2, 0.25) is 0 Å². The van der Waals surface area contributed by atoms with Gasteiger partial charge in [0.1, 0.15) is 30.0 Å². The average molecular weight is 658 g/mol. The van der Waals surface area contributed by atoms with Gasteiger partial charge in [-0.25, -0.2) is 9.59 Å². The SMILES string of the molecule is CCSC1OCC(O)C(OC2(C(=O)OC)CC(OC(C)=O)C(NC(C)O)C(CCCOC(C)=O)O2)C1OC(=O)c1ccccc1. The number of aliphatic hydroxyl groups is 2. The third-order valence-corrected chi connectivity index (χ3v) is 8.18. The number of hydrogen-bond donors (Lipinski definition) is 3. The zero-order valence-electron chi connectivity index (χ0n) is 26.0. The normalized spacial score (nSPS) is 30.5. The second-order valence-corrected chi connectivity index (χ2v) is 12.0. The lowest BCUT2D eigenvalue weighted by atomic mass is 9.89. The molecular weight excluding hydrogens is 614 g/mol. The molecule has 0 bridgehead atoms. The second kappa shape index (κ2) is 17.2. The predicted octanol–water partition coefficient (Wildman–Crippen LogP) is 1.30. The van der Waals surface area contributed by atoms with Crippen molar-refractivity contribution in [1.82, 2.24) is 5.32 Å². The standard InChI is InChI=1S/C30H43NO13S/c1-6-45-28-26(42-27(36)20-11-8-7-9-12-20)25(21(35)16-40-28)44-30(29(37)38-5)15-23(41-19(4)34)24(31-17(2)32)22(43-30)13-10-14-39-18(3)33/h7-9,11-12,17,21-26,28,31-32,35H,6,10,13-16H2,1-5H3. The molecule has 9 unspecified atom stereocenters. The fourth-order valence-corrected chi connectivity index (χ4v) is 6.19. The first-order valence-electron chi connectivity index (χ1n) is 14.8. The first-order chi connectivity index (χ1) is 21.4. The Labute approximate surface area is 266 Å². The number of aliphatic hydroxyl groups excluding tert-OH is 2. The van der Waals surface area contributed by atoms with Gasteiger partial charge in [0, 0.05) is 13.8 Å². The van der Waals surface area contributed by atoms with Crippen molar-refractivity contribution in [3.63, 3.8) is 0 Å². The number of hydrogen-bond acceptors (Lipinski definition) is 15. The molecule has 1 aromatic rings. The number of carbonyl (C=O) groups is 4. The minimum atomic E-state index is -2.26. The van der Waals surface area contributed by atoms with E-state index >= 15 is 0 Å². The summed E-state index contributed by atoms with van der Waals surface area (Å²) in [5, 5.41) is 24.3. The van der Waals surface area contributed by atoms with Crippen molar-refractivity contribution in [3.8, 4) is 0 Å². The van der Waals surface area contributed by atoms with Gasteiger partial charge >= 0.3 is 23.9 Å². The van der Waals surface area contributed by atoms with Gasteiger partial charge in [-0.1, -0.05) is 25.1 Å². The number of ether oxygens (including phenoxy) is 7. The van der Waals surface area contributed by atoms with Crippen LogP contribution in [0.25, 0.3) is 0 Å². The van der Waals surface area contributed by atoms with E-state index < -0.39 is 84.3 Å². The number of thioether (sulfide) groups is 1. The maximum Gasteiger partial charge on any atom is 0.366 e. The Morgan fingerprint density at radius 2 is 1.82 bits per heavy atom. The predicted molar refractivity (Wildman–Crippen MR) is 159 cm³/mol. The van der Waals surface area contributed by atoms with E-state index in [1.165, 1.54) is 32.5 Å². The molecule has 45 heavy (non-hydrogen) atoms. The number of carbonyl (C=O) groups excluding carboxylic acids is 4. The van der Waals surface area contributed by atoms with E-state index in [9.17, 15) is 29.4 Å². The van der Waals surface area contributed by atoms with Gasteiger partial charge in [-0.3, -0.25) is 14.9 Å². The average Bonchev–Trinajstić information content (AvgIpc) is 2.99. The molecule has 14 nitrogen and oxygen atoms in total. The van der Waals surface area contributed by atoms with Crippen molar-refractivity contribution in [2.45, 2.75) is 101 Å². The van der Waals surface area contributed by atoms with E-state index in [-0.39, 0.29) is 31.6 Å². The van der Waals surface area contributed by atoms with Crippen molar-refractivity contribution in [2.24, 2.45) is 0 Å². The van der Waals surface area contributed by atoms with E-state index in [2.05, 4.69) is 5.32 Å². The van der Waals surface area contributed by atoms with Gasteiger partial charge in [0.15, 0.2) is 6.10 Å². The van der Waals surface area contributed by atoms with Crippen LogP contribution in [0.2, 0.25) is 0 Å². The summed E-state index contributed by atoms with van der Waals surface area (Å²) < 4.78 is 40.2. The topological polar surface area (TPSA) is 185 Å². The number of rotatable bonds is 14. The van der Waals surface area contributed by atoms with E-state index in [1.54, 1.807) is 30.3 Å². The zero-order chi connectivity index (χ0) is 33.1. The molecule has 0 saturated carbocycles. The Hall–Kier alpha value is -2.79. The smallest absolute Gasteiger partial charge is 0.366 e. The zero-order valence-corrected chi connectivity index (χ0v) is 26.9. The van der Waals surface area contributed by atoms with E-state index in [0.29, 0.717) is 5.75 Å². The van der Waals surface area contributed by atoms with E-state index in [4.69, 9.17) is 33.2 Å². The van der Waals surface area contributed by atoms with Gasteiger partial charge in [-0.2, -0.15) is 0 Å². The highest BCUT2D eigenvalue weighted by Gasteiger charge is 2.58. The molecule has 9 atom stereocenters. The van der Waals surface area contributed by atoms with Crippen molar-refractivity contribution in [2.75, 3.05) is 26.1 Å². The lowest BCUT2D eigenvalue weighted by molar-refractivity contribution is -0.336. The second-order valence-electron chi connectivity index (χ2n) is 10.6. The van der Waals surface area contributed by atoms with Crippen LogP contribution in [-0.4, -0.2) is 114 Å². The summed E-state index contributed by atoms with van der Waals surface area (Å²) in [6.45, 7) is 5.64. The molecule has 0 aromatic heterocycles. The Kier molecular flexibility index (Phi) is 14.0. The van der Waals surface area contributed by atoms with Crippen LogP contribution in [0.4, 0.5) is 0 Å². The van der Waals surface area contributed by atoms with Crippen LogP contribution in [0.1, 0.15) is 57.3 Å². The summed E-state index contributed by atoms with van der Waals surface area (Å²) in [6.07, 6.45) is -7.02. The fraction of sp³-hybridized carbons (Fsp3) is 0.667. The monoisotopic (exact) mass is 657 g/mol. The molecule has 2 heterocycles. The molecule has 2 saturated heterocycles. The van der Waals surface area contributed by atoms with Gasteiger partial charge < -0.3 is 43.4 Å². The first kappa shape index (κ1) is 36.7. The Balaban J connectivity index is 2.02. The Bertz CT molecular complexity index is 1140. The van der Waals surface area contributed by atoms with Crippen LogP contribution in [-0.2, 0) is 47.5 Å². The van der Waals surface area contributed by atoms with Gasteiger partial charge in [0.25, 0.3) is 5.79 Å². The van der Waals surface area contributed by atoms with Gasteiger partial charge in [0.05, 0.1) is 44.5 Å². The molecule has 252 valence electrons. The molecule has 2 aliphatic heterocycles. The number of benzene rings is 1. The lowest BCUT2D eigenvalue weighted by Gasteiger charge is -2.49. The highest BCUT2D eigenvalue weighted by molar-refractivity contribution is 7.99. The van der Waals surface area contributed by atoms with Crippen molar-refractivity contribution in [3.05, 3.63) is 35.9 Å². The molecular formula is C30H43NO13S. The molecule has 2 aliphatic rings. The summed E-state index contributed by atoms with van der Waals surface area (Å²) in [5.41, 5.74) is -0.522. The first-order valence-corrected chi connectivity index (χ1v) is 15.8. The van der Waals surface area contributed by atoms with Crippen molar-refractivity contribution >= 4 is 35.6 Å². The summed E-state index contributed by atoms with van der Waals surface area (Å²) in [7, 11) is 1.12. The van der Waals surface area contributed by atoms with Crippen molar-refractivity contribution < 1.29 is 62.5 Å². The highest BCUT2D eigenvalue weighted by atomic mass is 32.2. The highest BCUT2D eigenvalue weighted by Crippen LogP contribution is 2.40. The molecule has 0 aliphatic carbocycles. The van der Waals surface area contributed by atoms with Crippen LogP contribution < -0.4 is 5.32 Å². The van der Waals surface area contributed by atoms with Crippen LogP contribution in [0.5, 0.6) is 0 Å². The molecule has 0 radical (unpaired) electrons. The number of nitrogens with one attached hydrogen (secondary N) is 1. The molecule has 3 rings (SSSR count). The minimum absolute atomic E-state index is 0.0347. The van der Waals surface area contributed by atoms with Crippen LogP contribution in [0, 0.1) is 0 Å². The molecule has 0 amide bonds. The summed E-state index contributed by atoms with van der Waals surface area (Å²) in [5.74, 6) is -4.54. The summed E-state index contributed by atoms with van der Waals surface area (Å²) in [6, 6.07) is 7.40. The van der Waals surface area contributed by atoms with Crippen LogP contribution >= 0.6 is 11.8 Å². The third kappa shape index (κ3) is 10.1. The maximum absolute atomic E-state index is 13.6. The Morgan fingerprint density at radius 3 is 2.42 bits per heavy atom. The van der Waals surface area contributed by atoms with Gasteiger partial charge in [-0.15, -0.1) is 11.8 Å². The van der Waals surface area contributed by atoms with E-state index in [1.807, 2.05) is 6.92 Å².